The Balaban J connectivity index is 1.89. The molecule has 2 aromatic carbocycles. The highest BCUT2D eigenvalue weighted by molar-refractivity contribution is 6.00. The van der Waals surface area contributed by atoms with Crippen LogP contribution in [0.2, 0.25) is 0 Å². The zero-order valence-electron chi connectivity index (χ0n) is 13.5. The summed E-state index contributed by atoms with van der Waals surface area (Å²) >= 11 is 0. The molecule has 0 saturated heterocycles. The van der Waals surface area contributed by atoms with E-state index in [0.717, 1.165) is 34.5 Å². The second-order valence-corrected chi connectivity index (χ2v) is 5.99. The zero-order chi connectivity index (χ0) is 16.5. The quantitative estimate of drug-likeness (QED) is 0.676. The van der Waals surface area contributed by atoms with Gasteiger partial charge < -0.3 is 4.74 Å². The van der Waals surface area contributed by atoms with Crippen LogP contribution in [-0.2, 0) is 17.8 Å². The molecule has 3 aromatic rings. The van der Waals surface area contributed by atoms with Crippen molar-refractivity contribution in [2.75, 3.05) is 0 Å². The lowest BCUT2D eigenvalue weighted by molar-refractivity contribution is 0.0535. The predicted molar refractivity (Wildman–Crippen MR) is 92.8 cm³/mol. The number of aromatic nitrogens is 1. The molecule has 3 nitrogen and oxygen atoms in total. The molecule has 4 rings (SSSR count). The fourth-order valence-electron chi connectivity index (χ4n) is 3.16. The van der Waals surface area contributed by atoms with Crippen molar-refractivity contribution in [2.45, 2.75) is 20.0 Å². The summed E-state index contributed by atoms with van der Waals surface area (Å²) in [7, 11) is 0. The number of cyclic esters (lactones) is 1. The number of carbonyl (C=O) groups is 1. The van der Waals surface area contributed by atoms with Gasteiger partial charge in [-0.05, 0) is 18.1 Å². The molecule has 118 valence electrons. The van der Waals surface area contributed by atoms with Gasteiger partial charge in [0.2, 0.25) is 0 Å². The second kappa shape index (κ2) is 5.93. The third kappa shape index (κ3) is 2.48. The summed E-state index contributed by atoms with van der Waals surface area (Å²) in [6.07, 6.45) is 0.744. The monoisotopic (exact) mass is 315 g/mol. The number of pyridine rings is 1. The van der Waals surface area contributed by atoms with E-state index in [4.69, 9.17) is 9.72 Å². The first-order valence-electron chi connectivity index (χ1n) is 8.03. The van der Waals surface area contributed by atoms with E-state index in [0.29, 0.717) is 12.2 Å². The maximum Gasteiger partial charge on any atom is 0.341 e. The molecule has 0 unspecified atom stereocenters. The molecule has 1 aliphatic rings. The van der Waals surface area contributed by atoms with Gasteiger partial charge in [-0.1, -0.05) is 60.7 Å². The number of rotatable bonds is 3. The number of benzene rings is 2. The van der Waals surface area contributed by atoms with Gasteiger partial charge in [0.05, 0.1) is 11.3 Å². The fourth-order valence-corrected chi connectivity index (χ4v) is 3.16. The van der Waals surface area contributed by atoms with Crippen LogP contribution in [0.5, 0.6) is 0 Å². The minimum absolute atomic E-state index is 0.272. The van der Waals surface area contributed by atoms with Crippen LogP contribution in [0.4, 0.5) is 0 Å². The largest absolute Gasteiger partial charge is 0.457 e. The number of carbonyl (C=O) groups excluding carboxylic acids is 1. The van der Waals surface area contributed by atoms with Crippen LogP contribution in [0.25, 0.3) is 11.3 Å². The molecule has 0 N–H and O–H groups in total. The minimum Gasteiger partial charge on any atom is -0.457 e. The normalized spacial score (nSPS) is 12.8. The van der Waals surface area contributed by atoms with E-state index in [1.807, 2.05) is 55.5 Å². The minimum atomic E-state index is -0.272. The summed E-state index contributed by atoms with van der Waals surface area (Å²) in [6.45, 7) is 2.37. The number of fused-ring (bicyclic) bond motifs is 1. The van der Waals surface area contributed by atoms with Crippen molar-refractivity contribution < 1.29 is 9.53 Å². The van der Waals surface area contributed by atoms with Crippen LogP contribution in [-0.4, -0.2) is 11.0 Å². The number of ether oxygens (including phenoxy) is 1. The first-order chi connectivity index (χ1) is 11.7. The average Bonchev–Trinajstić information content (AvgIpc) is 3.01. The lowest BCUT2D eigenvalue weighted by Crippen LogP contribution is -2.06. The Kier molecular flexibility index (Phi) is 3.62. The van der Waals surface area contributed by atoms with Gasteiger partial charge in [0.15, 0.2) is 0 Å². The summed E-state index contributed by atoms with van der Waals surface area (Å²) in [5.74, 6) is -0.272. The topological polar surface area (TPSA) is 39.2 Å². The highest BCUT2D eigenvalue weighted by Crippen LogP contribution is 2.33. The molecular weight excluding hydrogens is 298 g/mol. The molecule has 24 heavy (non-hydrogen) atoms. The Bertz CT molecular complexity index is 902. The van der Waals surface area contributed by atoms with Crippen LogP contribution in [0.3, 0.4) is 0 Å². The molecule has 0 bridgehead atoms. The second-order valence-electron chi connectivity index (χ2n) is 5.99. The first kappa shape index (κ1) is 14.6. The molecule has 0 amide bonds. The molecule has 0 saturated carbocycles. The van der Waals surface area contributed by atoms with Crippen molar-refractivity contribution in [1.82, 2.24) is 4.98 Å². The lowest BCUT2D eigenvalue weighted by atomic mass is 9.95. The van der Waals surface area contributed by atoms with E-state index in [1.165, 1.54) is 5.56 Å². The van der Waals surface area contributed by atoms with Crippen molar-refractivity contribution >= 4 is 5.97 Å². The number of esters is 1. The average molecular weight is 315 g/mol. The maximum absolute atomic E-state index is 12.2. The maximum atomic E-state index is 12.2. The Labute approximate surface area is 140 Å². The Morgan fingerprint density at radius 3 is 2.38 bits per heavy atom. The van der Waals surface area contributed by atoms with E-state index in [9.17, 15) is 4.79 Å². The van der Waals surface area contributed by atoms with Gasteiger partial charge in [-0.15, -0.1) is 0 Å². The van der Waals surface area contributed by atoms with Crippen molar-refractivity contribution in [3.05, 3.63) is 88.6 Å². The Hall–Kier alpha value is -2.94. The summed E-state index contributed by atoms with van der Waals surface area (Å²) in [6, 6.07) is 20.1. The van der Waals surface area contributed by atoms with Gasteiger partial charge in [-0.25, -0.2) is 4.79 Å². The summed E-state index contributed by atoms with van der Waals surface area (Å²) in [5.41, 5.74) is 6.52. The van der Waals surface area contributed by atoms with Crippen molar-refractivity contribution in [3.63, 3.8) is 0 Å². The van der Waals surface area contributed by atoms with Crippen LogP contribution in [0.15, 0.2) is 60.7 Å². The van der Waals surface area contributed by atoms with Crippen molar-refractivity contribution in [2.24, 2.45) is 0 Å². The van der Waals surface area contributed by atoms with Crippen LogP contribution >= 0.6 is 0 Å². The summed E-state index contributed by atoms with van der Waals surface area (Å²) in [4.78, 5) is 17.1. The third-order valence-electron chi connectivity index (χ3n) is 4.48. The zero-order valence-corrected chi connectivity index (χ0v) is 13.5. The number of hydrogen-bond acceptors (Lipinski definition) is 3. The van der Waals surface area contributed by atoms with E-state index in [-0.39, 0.29) is 5.97 Å². The third-order valence-corrected chi connectivity index (χ3v) is 4.48. The van der Waals surface area contributed by atoms with Gasteiger partial charge in [0.25, 0.3) is 0 Å². The Morgan fingerprint density at radius 2 is 1.67 bits per heavy atom. The molecule has 0 aliphatic carbocycles. The molecular formula is C21H17NO2. The molecule has 2 heterocycles. The van der Waals surface area contributed by atoms with Gasteiger partial charge in [0.1, 0.15) is 6.61 Å². The van der Waals surface area contributed by atoms with E-state index in [2.05, 4.69) is 12.1 Å². The fraction of sp³-hybridized carbons (Fsp3) is 0.143. The van der Waals surface area contributed by atoms with Gasteiger partial charge in [-0.2, -0.15) is 0 Å². The van der Waals surface area contributed by atoms with Crippen molar-refractivity contribution in [3.8, 4) is 11.3 Å². The number of nitrogens with zero attached hydrogens (tertiary/aromatic N) is 1. The van der Waals surface area contributed by atoms with E-state index < -0.39 is 0 Å². The van der Waals surface area contributed by atoms with Gasteiger partial charge >= 0.3 is 5.97 Å². The van der Waals surface area contributed by atoms with Crippen molar-refractivity contribution in [1.29, 1.82) is 0 Å². The highest BCUT2D eigenvalue weighted by atomic mass is 16.5. The molecule has 1 aliphatic heterocycles. The smallest absolute Gasteiger partial charge is 0.341 e. The lowest BCUT2D eigenvalue weighted by Gasteiger charge is -2.13. The SMILES string of the molecule is Cc1c(Cc2ccccc2)nc(-c2ccccc2)c2c1COC2=O. The molecule has 0 fully saturated rings. The highest BCUT2D eigenvalue weighted by Gasteiger charge is 2.29. The molecule has 0 radical (unpaired) electrons. The standard InChI is InChI=1S/C21H17NO2/c1-14-17-13-24-21(23)19(17)20(16-10-6-3-7-11-16)22-18(14)12-15-8-4-2-5-9-15/h2-11H,12-13H2,1H3. The molecule has 3 heteroatoms. The molecule has 0 spiro atoms. The van der Waals surface area contributed by atoms with Gasteiger partial charge in [-0.3, -0.25) is 4.98 Å². The van der Waals surface area contributed by atoms with Crippen LogP contribution in [0.1, 0.15) is 32.7 Å². The Morgan fingerprint density at radius 1 is 1.00 bits per heavy atom. The van der Waals surface area contributed by atoms with Crippen LogP contribution in [0, 0.1) is 6.92 Å². The van der Waals surface area contributed by atoms with E-state index in [1.54, 1.807) is 0 Å². The van der Waals surface area contributed by atoms with Crippen LogP contribution < -0.4 is 0 Å². The number of hydrogen-bond donors (Lipinski definition) is 0. The van der Waals surface area contributed by atoms with E-state index >= 15 is 0 Å². The first-order valence-corrected chi connectivity index (χ1v) is 8.03. The van der Waals surface area contributed by atoms with Gasteiger partial charge in [0, 0.05) is 23.2 Å². The summed E-state index contributed by atoms with van der Waals surface area (Å²) in [5, 5.41) is 0. The predicted octanol–water partition coefficient (Wildman–Crippen LogP) is 4.32. The molecule has 0 atom stereocenters. The molecule has 1 aromatic heterocycles. The summed E-state index contributed by atoms with van der Waals surface area (Å²) < 4.78 is 5.29.